The number of methoxy groups -OCH3 is 1. The molecular weight excluding hydrogens is 374 g/mol. The first kappa shape index (κ1) is 18.0. The number of carboxylic acid groups (broad SMARTS) is 1. The first-order valence-electron chi connectivity index (χ1n) is 7.37. The largest absolute Gasteiger partial charge is 0.870 e. The van der Waals surface area contributed by atoms with Crippen LogP contribution in [0.3, 0.4) is 0 Å². The van der Waals surface area contributed by atoms with Crippen molar-refractivity contribution in [2.45, 2.75) is 0 Å². The molecule has 2 aromatic rings. The number of ether oxygens (including phenoxy) is 1. The molecule has 1 aliphatic rings. The molecule has 0 saturated carbocycles. The van der Waals surface area contributed by atoms with Gasteiger partial charge in [0.2, 0.25) is 0 Å². The highest BCUT2D eigenvalue weighted by Gasteiger charge is 2.33. The lowest BCUT2D eigenvalue weighted by Crippen LogP contribution is -2.27. The Kier molecular flexibility index (Phi) is 4.97. The summed E-state index contributed by atoms with van der Waals surface area (Å²) in [5.41, 5.74) is 1.26. The third-order valence-corrected chi connectivity index (χ3v) is 4.95. The fourth-order valence-electron chi connectivity index (χ4n) is 2.37. The van der Waals surface area contributed by atoms with Crippen molar-refractivity contribution < 1.29 is 24.5 Å². The third kappa shape index (κ3) is 3.42. The number of carboxylic acids is 1. The summed E-state index contributed by atoms with van der Waals surface area (Å²) in [5, 5.41) is 20.5. The average molecular weight is 386 g/mol. The van der Waals surface area contributed by atoms with Crippen LogP contribution in [-0.4, -0.2) is 28.4 Å². The molecule has 2 aromatic carbocycles. The molecule has 0 unspecified atom stereocenters. The molecule has 1 saturated heterocycles. The molecule has 26 heavy (non-hydrogen) atoms. The zero-order valence-corrected chi connectivity index (χ0v) is 15.1. The number of hydrogen-bond donors (Lipinski definition) is 1. The van der Waals surface area contributed by atoms with E-state index in [1.54, 1.807) is 18.2 Å². The summed E-state index contributed by atoms with van der Waals surface area (Å²) in [6.45, 7) is 0. The van der Waals surface area contributed by atoms with Gasteiger partial charge in [0.15, 0.2) is 4.32 Å². The van der Waals surface area contributed by atoms with Gasteiger partial charge in [-0.05, 0) is 42.0 Å². The van der Waals surface area contributed by atoms with E-state index in [0.717, 1.165) is 11.8 Å². The second-order valence-electron chi connectivity index (χ2n) is 5.28. The minimum Gasteiger partial charge on any atom is -0.870 e. The second-order valence-corrected chi connectivity index (χ2v) is 6.96. The summed E-state index contributed by atoms with van der Waals surface area (Å²) >= 11 is 6.42. The van der Waals surface area contributed by atoms with E-state index in [4.69, 9.17) is 22.1 Å². The highest BCUT2D eigenvalue weighted by Crippen LogP contribution is 2.36. The van der Waals surface area contributed by atoms with E-state index in [1.807, 2.05) is 0 Å². The predicted octanol–water partition coefficient (Wildman–Crippen LogP) is 2.87. The molecule has 0 aliphatic carbocycles. The predicted molar refractivity (Wildman–Crippen MR) is 101 cm³/mol. The topological polar surface area (TPSA) is 89.9 Å². The number of rotatable bonds is 4. The van der Waals surface area contributed by atoms with Gasteiger partial charge in [0.1, 0.15) is 5.75 Å². The number of benzene rings is 2. The number of anilines is 1. The molecule has 1 N–H and O–H groups in total. The lowest BCUT2D eigenvalue weighted by atomic mass is 10.1. The minimum absolute atomic E-state index is 0.125. The van der Waals surface area contributed by atoms with Gasteiger partial charge in [-0.3, -0.25) is 9.69 Å². The van der Waals surface area contributed by atoms with E-state index in [1.165, 1.54) is 42.3 Å². The minimum atomic E-state index is -1.04. The van der Waals surface area contributed by atoms with Gasteiger partial charge < -0.3 is 14.9 Å². The lowest BCUT2D eigenvalue weighted by molar-refractivity contribution is -0.270. The summed E-state index contributed by atoms with van der Waals surface area (Å²) < 4.78 is 5.35. The van der Waals surface area contributed by atoms with Gasteiger partial charge in [0.25, 0.3) is 5.91 Å². The summed E-state index contributed by atoms with van der Waals surface area (Å²) in [6.07, 6.45) is 1.63. The van der Waals surface area contributed by atoms with Crippen molar-refractivity contribution in [3.05, 3.63) is 58.5 Å². The van der Waals surface area contributed by atoms with Gasteiger partial charge >= 0.3 is 5.97 Å². The molecule has 1 fully saturated rings. The maximum Gasteiger partial charge on any atom is 0.335 e. The van der Waals surface area contributed by atoms with E-state index in [9.17, 15) is 14.7 Å². The van der Waals surface area contributed by atoms with Crippen molar-refractivity contribution in [2.75, 3.05) is 12.0 Å². The van der Waals surface area contributed by atoms with Crippen LogP contribution in [-0.2, 0) is 4.79 Å². The van der Waals surface area contributed by atoms with Gasteiger partial charge in [0.05, 0.1) is 23.3 Å². The van der Waals surface area contributed by atoms with Gasteiger partial charge in [-0.1, -0.05) is 41.9 Å². The molecule has 3 rings (SSSR count). The normalized spacial score (nSPS) is 15.6. The van der Waals surface area contributed by atoms with Crippen LogP contribution in [0.25, 0.3) is 6.08 Å². The number of thiocarbonyl (C=S) groups is 1. The molecule has 0 radical (unpaired) electrons. The Balaban J connectivity index is 1.90. The SMILES string of the molecule is COc1cc(/C=C2\SC(=S)N(c3ccc(C(=O)O)cc3)C2=O)ccc1[O-]. The van der Waals surface area contributed by atoms with Crippen LogP contribution in [0.1, 0.15) is 15.9 Å². The Hall–Kier alpha value is -2.84. The number of amides is 1. The first-order valence-corrected chi connectivity index (χ1v) is 8.59. The monoisotopic (exact) mass is 386 g/mol. The van der Waals surface area contributed by atoms with Crippen LogP contribution in [0.2, 0.25) is 0 Å². The van der Waals surface area contributed by atoms with Crippen LogP contribution in [0.4, 0.5) is 5.69 Å². The van der Waals surface area contributed by atoms with Crippen molar-refractivity contribution in [1.82, 2.24) is 0 Å². The molecule has 0 aromatic heterocycles. The number of carbonyl (C=O) groups is 2. The molecule has 1 amide bonds. The van der Waals surface area contributed by atoms with E-state index < -0.39 is 5.97 Å². The lowest BCUT2D eigenvalue weighted by Gasteiger charge is -2.14. The Morgan fingerprint density at radius 2 is 1.96 bits per heavy atom. The van der Waals surface area contributed by atoms with E-state index in [2.05, 4.69) is 0 Å². The van der Waals surface area contributed by atoms with Crippen LogP contribution in [0.5, 0.6) is 11.5 Å². The summed E-state index contributed by atoms with van der Waals surface area (Å²) in [6, 6.07) is 10.4. The van der Waals surface area contributed by atoms with E-state index in [-0.39, 0.29) is 23.0 Å². The number of aromatic carboxylic acids is 1. The van der Waals surface area contributed by atoms with Gasteiger partial charge in [-0.15, -0.1) is 0 Å². The Morgan fingerprint density at radius 3 is 2.58 bits per heavy atom. The van der Waals surface area contributed by atoms with Crippen molar-refractivity contribution in [3.63, 3.8) is 0 Å². The average Bonchev–Trinajstić information content (AvgIpc) is 2.90. The fraction of sp³-hybridized carbons (Fsp3) is 0.0556. The highest BCUT2D eigenvalue weighted by atomic mass is 32.2. The molecule has 1 heterocycles. The fourth-order valence-corrected chi connectivity index (χ4v) is 3.67. The summed E-state index contributed by atoms with van der Waals surface area (Å²) in [7, 11) is 1.40. The number of thioether (sulfide) groups is 1. The first-order chi connectivity index (χ1) is 12.4. The van der Waals surface area contributed by atoms with Crippen molar-refractivity contribution in [2.24, 2.45) is 0 Å². The molecule has 0 atom stereocenters. The molecule has 1 aliphatic heterocycles. The Bertz CT molecular complexity index is 937. The standard InChI is InChI=1S/C18H13NO5S2/c1-24-14-8-10(2-7-13(14)20)9-15-16(21)19(18(25)26-15)12-5-3-11(4-6-12)17(22)23/h2-9,20H,1H3,(H,22,23)/p-1/b15-9-. The van der Waals surface area contributed by atoms with Crippen LogP contribution < -0.4 is 14.7 Å². The van der Waals surface area contributed by atoms with Crippen molar-refractivity contribution in [1.29, 1.82) is 0 Å². The smallest absolute Gasteiger partial charge is 0.335 e. The van der Waals surface area contributed by atoms with Gasteiger partial charge in [-0.2, -0.15) is 0 Å². The maximum absolute atomic E-state index is 12.7. The van der Waals surface area contributed by atoms with Gasteiger partial charge in [0, 0.05) is 0 Å². The van der Waals surface area contributed by atoms with Gasteiger partial charge in [-0.25, -0.2) is 4.79 Å². The molecule has 132 valence electrons. The van der Waals surface area contributed by atoms with E-state index >= 15 is 0 Å². The van der Waals surface area contributed by atoms with Crippen LogP contribution in [0, 0.1) is 0 Å². The molecule has 0 spiro atoms. The van der Waals surface area contributed by atoms with Crippen molar-refractivity contribution >= 4 is 51.9 Å². The zero-order chi connectivity index (χ0) is 18.8. The quantitative estimate of drug-likeness (QED) is 0.638. The Labute approximate surface area is 158 Å². The molecule has 0 bridgehead atoms. The molecule has 8 heteroatoms. The molecule has 6 nitrogen and oxygen atoms in total. The Morgan fingerprint density at radius 1 is 1.27 bits per heavy atom. The van der Waals surface area contributed by atoms with E-state index in [0.29, 0.717) is 20.5 Å². The molecular formula is C18H12NO5S2-. The third-order valence-electron chi connectivity index (χ3n) is 3.65. The zero-order valence-electron chi connectivity index (χ0n) is 13.5. The summed E-state index contributed by atoms with van der Waals surface area (Å²) in [4.78, 5) is 25.4. The number of hydrogen-bond acceptors (Lipinski definition) is 6. The van der Waals surface area contributed by atoms with Crippen LogP contribution >= 0.6 is 24.0 Å². The number of carbonyl (C=O) groups excluding carboxylic acids is 1. The second kappa shape index (κ2) is 7.19. The maximum atomic E-state index is 12.7. The summed E-state index contributed by atoms with van der Waals surface area (Å²) in [5.74, 6) is -1.40. The van der Waals surface area contributed by atoms with Crippen LogP contribution in [0.15, 0.2) is 47.4 Å². The van der Waals surface area contributed by atoms with Crippen molar-refractivity contribution in [3.8, 4) is 11.5 Å². The number of nitrogens with zero attached hydrogens (tertiary/aromatic N) is 1. The highest BCUT2D eigenvalue weighted by molar-refractivity contribution is 8.27.